The zero-order valence-electron chi connectivity index (χ0n) is 62.8. The standard InChI is InChI=1S/C83H165NO10/c1-3-5-7-9-11-13-15-17-19-21-23-25-27-29-31-33-34-35-36-37-38-39-40-41-43-45-47-49-51-53-55-57-59-61-63-65-67-69-71-76(87)82(92)84-74(73-93-83-81(91)80(90)79(89)77(72-85)94-83)78(88)75(86)70-68-66-64-62-60-58-56-54-52-50-48-46-44-42-32-30-28-26-24-22-20-18-16-14-12-10-8-6-4-2/h74-81,83,85-91H,3-73H2,1-2H3,(H,84,92). The lowest BCUT2D eigenvalue weighted by atomic mass is 9.98. The topological polar surface area (TPSA) is 189 Å². The Hall–Kier alpha value is -0.890. The molecule has 0 aromatic rings. The van der Waals surface area contributed by atoms with Crippen molar-refractivity contribution in [3.05, 3.63) is 0 Å². The third-order valence-corrected chi connectivity index (χ3v) is 21.2. The van der Waals surface area contributed by atoms with E-state index in [9.17, 15) is 40.5 Å². The van der Waals surface area contributed by atoms with E-state index in [1.54, 1.807) is 0 Å². The number of ether oxygens (including phenoxy) is 2. The predicted molar refractivity (Wildman–Crippen MR) is 400 cm³/mol. The van der Waals surface area contributed by atoms with Crippen LogP contribution in [0.2, 0.25) is 0 Å². The van der Waals surface area contributed by atoms with E-state index in [4.69, 9.17) is 9.47 Å². The number of carbonyl (C=O) groups excluding carboxylic acids is 1. The minimum absolute atomic E-state index is 0.268. The number of aliphatic hydroxyl groups excluding tert-OH is 7. The first-order chi connectivity index (χ1) is 46.2. The molecule has 0 bridgehead atoms. The molecule has 8 N–H and O–H groups in total. The summed E-state index contributed by atoms with van der Waals surface area (Å²) in [6.07, 6.45) is 79.6. The first-order valence-corrected chi connectivity index (χ1v) is 42.4. The van der Waals surface area contributed by atoms with E-state index in [0.717, 1.165) is 38.5 Å². The summed E-state index contributed by atoms with van der Waals surface area (Å²) in [5.41, 5.74) is 0. The lowest BCUT2D eigenvalue weighted by Crippen LogP contribution is -2.60. The van der Waals surface area contributed by atoms with E-state index in [1.807, 2.05) is 0 Å². The maximum Gasteiger partial charge on any atom is 0.249 e. The molecule has 9 atom stereocenters. The molecule has 94 heavy (non-hydrogen) atoms. The number of unbranched alkanes of at least 4 members (excludes halogenated alkanes) is 65. The number of aliphatic hydroxyl groups is 7. The minimum Gasteiger partial charge on any atom is -0.394 e. The fourth-order valence-electron chi connectivity index (χ4n) is 14.5. The van der Waals surface area contributed by atoms with Crippen LogP contribution in [0.3, 0.4) is 0 Å². The highest BCUT2D eigenvalue weighted by Crippen LogP contribution is 2.25. The second kappa shape index (κ2) is 71.9. The Morgan fingerprint density at radius 2 is 0.553 bits per heavy atom. The Labute approximate surface area is 583 Å². The van der Waals surface area contributed by atoms with Gasteiger partial charge >= 0.3 is 0 Å². The van der Waals surface area contributed by atoms with Crippen LogP contribution in [-0.2, 0) is 14.3 Å². The molecule has 562 valence electrons. The van der Waals surface area contributed by atoms with E-state index in [1.165, 1.54) is 379 Å². The fourth-order valence-corrected chi connectivity index (χ4v) is 14.5. The first kappa shape index (κ1) is 91.1. The van der Waals surface area contributed by atoms with Gasteiger partial charge in [0.1, 0.15) is 36.6 Å². The van der Waals surface area contributed by atoms with Crippen LogP contribution < -0.4 is 5.32 Å². The normalized spacial score (nSPS) is 18.1. The van der Waals surface area contributed by atoms with Gasteiger partial charge in [-0.1, -0.05) is 444 Å². The van der Waals surface area contributed by atoms with Crippen LogP contribution in [0.25, 0.3) is 0 Å². The highest BCUT2D eigenvalue weighted by atomic mass is 16.7. The van der Waals surface area contributed by atoms with Gasteiger partial charge in [0.25, 0.3) is 0 Å². The Morgan fingerprint density at radius 3 is 0.787 bits per heavy atom. The number of hydrogen-bond acceptors (Lipinski definition) is 10. The van der Waals surface area contributed by atoms with Crippen LogP contribution in [0.5, 0.6) is 0 Å². The van der Waals surface area contributed by atoms with Gasteiger partial charge < -0.3 is 50.5 Å². The molecule has 1 fully saturated rings. The third-order valence-electron chi connectivity index (χ3n) is 21.2. The van der Waals surface area contributed by atoms with Crippen molar-refractivity contribution in [3.63, 3.8) is 0 Å². The van der Waals surface area contributed by atoms with Gasteiger partial charge in [0.15, 0.2) is 6.29 Å². The molecule has 0 radical (unpaired) electrons. The summed E-state index contributed by atoms with van der Waals surface area (Å²) in [7, 11) is 0. The molecule has 1 saturated heterocycles. The van der Waals surface area contributed by atoms with Crippen molar-refractivity contribution < 1.29 is 50.0 Å². The van der Waals surface area contributed by atoms with Gasteiger partial charge in [-0.3, -0.25) is 4.79 Å². The van der Waals surface area contributed by atoms with Gasteiger partial charge in [0, 0.05) is 0 Å². The van der Waals surface area contributed by atoms with Gasteiger partial charge in [-0.15, -0.1) is 0 Å². The molecule has 1 rings (SSSR count). The fraction of sp³-hybridized carbons (Fsp3) is 0.988. The van der Waals surface area contributed by atoms with Gasteiger partial charge in [0.05, 0.1) is 25.4 Å². The summed E-state index contributed by atoms with van der Waals surface area (Å²) in [5.74, 6) is -0.684. The van der Waals surface area contributed by atoms with Crippen molar-refractivity contribution in [2.45, 2.75) is 512 Å². The molecule has 0 spiro atoms. The molecular formula is C83H165NO10. The summed E-state index contributed by atoms with van der Waals surface area (Å²) >= 11 is 0. The highest BCUT2D eigenvalue weighted by molar-refractivity contribution is 5.80. The second-order valence-corrected chi connectivity index (χ2v) is 30.3. The largest absolute Gasteiger partial charge is 0.394 e. The summed E-state index contributed by atoms with van der Waals surface area (Å²) in [5, 5.41) is 76.8. The average molecular weight is 1340 g/mol. The molecular weight excluding hydrogens is 1170 g/mol. The number of hydrogen-bond donors (Lipinski definition) is 8. The van der Waals surface area contributed by atoms with Crippen molar-refractivity contribution in [1.82, 2.24) is 5.32 Å². The molecule has 0 aliphatic carbocycles. The zero-order valence-corrected chi connectivity index (χ0v) is 62.8. The van der Waals surface area contributed by atoms with Crippen LogP contribution in [0.4, 0.5) is 0 Å². The van der Waals surface area contributed by atoms with Crippen LogP contribution in [0.1, 0.15) is 457 Å². The Balaban J connectivity index is 2.08. The smallest absolute Gasteiger partial charge is 0.249 e. The molecule has 0 aromatic carbocycles. The van der Waals surface area contributed by atoms with Crippen molar-refractivity contribution in [2.24, 2.45) is 0 Å². The molecule has 1 heterocycles. The number of carbonyl (C=O) groups is 1. The van der Waals surface area contributed by atoms with Gasteiger partial charge in [-0.2, -0.15) is 0 Å². The monoisotopic (exact) mass is 1340 g/mol. The Bertz CT molecular complexity index is 1490. The first-order valence-electron chi connectivity index (χ1n) is 42.4. The molecule has 11 heteroatoms. The van der Waals surface area contributed by atoms with E-state index >= 15 is 0 Å². The predicted octanol–water partition coefficient (Wildman–Crippen LogP) is 22.3. The van der Waals surface area contributed by atoms with Crippen LogP contribution in [0.15, 0.2) is 0 Å². The van der Waals surface area contributed by atoms with Gasteiger partial charge in [0.2, 0.25) is 5.91 Å². The highest BCUT2D eigenvalue weighted by Gasteiger charge is 2.44. The number of rotatable bonds is 77. The van der Waals surface area contributed by atoms with Crippen molar-refractivity contribution >= 4 is 5.91 Å². The Kier molecular flexibility index (Phi) is 69.7. The van der Waals surface area contributed by atoms with Crippen molar-refractivity contribution in [1.29, 1.82) is 0 Å². The maximum absolute atomic E-state index is 13.3. The van der Waals surface area contributed by atoms with Crippen LogP contribution in [-0.4, -0.2) is 110 Å². The van der Waals surface area contributed by atoms with Gasteiger partial charge in [-0.05, 0) is 12.8 Å². The van der Waals surface area contributed by atoms with E-state index < -0.39 is 74.2 Å². The molecule has 9 unspecified atom stereocenters. The molecule has 0 aromatic heterocycles. The average Bonchev–Trinajstić information content (AvgIpc) is 0.844. The van der Waals surface area contributed by atoms with Gasteiger partial charge in [-0.25, -0.2) is 0 Å². The summed E-state index contributed by atoms with van der Waals surface area (Å²) in [6.45, 7) is 3.55. The van der Waals surface area contributed by atoms with E-state index in [-0.39, 0.29) is 6.42 Å². The molecule has 0 saturated carbocycles. The lowest BCUT2D eigenvalue weighted by Gasteiger charge is -2.40. The molecule has 11 nitrogen and oxygen atoms in total. The van der Waals surface area contributed by atoms with Crippen LogP contribution in [0, 0.1) is 0 Å². The van der Waals surface area contributed by atoms with Crippen molar-refractivity contribution in [2.75, 3.05) is 13.2 Å². The quantitative estimate of drug-likeness (QED) is 0.0272. The van der Waals surface area contributed by atoms with E-state index in [2.05, 4.69) is 19.2 Å². The third kappa shape index (κ3) is 57.8. The second-order valence-electron chi connectivity index (χ2n) is 30.3. The minimum atomic E-state index is -1.66. The summed E-state index contributed by atoms with van der Waals surface area (Å²) in [4.78, 5) is 13.3. The molecule has 1 aliphatic rings. The number of nitrogens with one attached hydrogen (secondary N) is 1. The summed E-state index contributed by atoms with van der Waals surface area (Å²) < 4.78 is 11.2. The van der Waals surface area contributed by atoms with Crippen molar-refractivity contribution in [3.8, 4) is 0 Å². The van der Waals surface area contributed by atoms with E-state index in [0.29, 0.717) is 19.3 Å². The maximum atomic E-state index is 13.3. The summed E-state index contributed by atoms with van der Waals surface area (Å²) in [6, 6.07) is -1.17. The Morgan fingerprint density at radius 1 is 0.330 bits per heavy atom. The molecule has 1 aliphatic heterocycles. The molecule has 1 amide bonds. The zero-order chi connectivity index (χ0) is 68.1. The van der Waals surface area contributed by atoms with Crippen LogP contribution >= 0.6 is 0 Å². The number of amides is 1. The SMILES string of the molecule is CCCCCCCCCCCCCCCCCCCCCCCCCCCCCCCCCCCCCCCCC(O)C(=O)NC(COC1OC(CO)C(O)C(O)C1O)C(O)C(O)CCCCCCCCCCCCCCCCCCCCCCCCCCCCCCC. The lowest BCUT2D eigenvalue weighted by molar-refractivity contribution is -0.303.